The van der Waals surface area contributed by atoms with Crippen LogP contribution in [0, 0.1) is 0 Å². The van der Waals surface area contributed by atoms with Gasteiger partial charge in [0.05, 0.1) is 26.4 Å². The summed E-state index contributed by atoms with van der Waals surface area (Å²) < 4.78 is 19.6. The maximum absolute atomic E-state index is 10.4. The summed E-state index contributed by atoms with van der Waals surface area (Å²) in [6, 6.07) is 0. The summed E-state index contributed by atoms with van der Waals surface area (Å²) >= 11 is 0. The van der Waals surface area contributed by atoms with E-state index in [1.54, 1.807) is 0 Å². The van der Waals surface area contributed by atoms with Crippen LogP contribution in [0.2, 0.25) is 0 Å². The molecule has 3 atom stereocenters. The molecular weight excluding hydrogens is 252 g/mol. The van der Waals surface area contributed by atoms with Gasteiger partial charge < -0.3 is 24.1 Å². The molecule has 2 aliphatic rings. The third kappa shape index (κ3) is 9.61. The molecule has 110 valence electrons. The molecule has 0 aromatic carbocycles. The second-order valence-electron chi connectivity index (χ2n) is 4.33. The SMILES string of the molecule is C(OCC1CO1)C1CO1.C=CC(=O)OC(O)CCC. The van der Waals surface area contributed by atoms with Crippen molar-refractivity contribution in [3.63, 3.8) is 0 Å². The quantitative estimate of drug-likeness (QED) is 0.303. The van der Waals surface area contributed by atoms with Crippen molar-refractivity contribution in [2.45, 2.75) is 38.3 Å². The van der Waals surface area contributed by atoms with Gasteiger partial charge in [-0.2, -0.15) is 0 Å². The molecule has 2 saturated heterocycles. The zero-order valence-corrected chi connectivity index (χ0v) is 11.2. The van der Waals surface area contributed by atoms with Gasteiger partial charge in [0.25, 0.3) is 0 Å². The Balaban J connectivity index is 0.000000190. The van der Waals surface area contributed by atoms with Crippen molar-refractivity contribution in [3.05, 3.63) is 12.7 Å². The molecule has 0 aromatic heterocycles. The van der Waals surface area contributed by atoms with Crippen LogP contribution >= 0.6 is 0 Å². The largest absolute Gasteiger partial charge is 0.433 e. The van der Waals surface area contributed by atoms with Crippen molar-refractivity contribution in [1.82, 2.24) is 0 Å². The molecule has 0 spiro atoms. The molecule has 2 rings (SSSR count). The number of hydrogen-bond donors (Lipinski definition) is 1. The molecule has 0 bridgehead atoms. The molecule has 3 unspecified atom stereocenters. The minimum absolute atomic E-state index is 0.392. The van der Waals surface area contributed by atoms with E-state index >= 15 is 0 Å². The minimum Gasteiger partial charge on any atom is -0.433 e. The van der Waals surface area contributed by atoms with E-state index in [9.17, 15) is 4.79 Å². The Kier molecular flexibility index (Phi) is 7.66. The standard InChI is InChI=1S/C7H12O3.C6H10O3/c1-3-5-7(9)10-6(8)4-2;1(5-3-8-5)7-2-6-4-9-6/h4,7,9H,2-3,5H2,1H3;5-6H,1-4H2. The van der Waals surface area contributed by atoms with Gasteiger partial charge in [-0.15, -0.1) is 0 Å². The van der Waals surface area contributed by atoms with Crippen LogP contribution in [0.5, 0.6) is 0 Å². The molecule has 2 fully saturated rings. The van der Waals surface area contributed by atoms with E-state index < -0.39 is 12.3 Å². The number of rotatable bonds is 8. The molecule has 2 heterocycles. The van der Waals surface area contributed by atoms with Gasteiger partial charge >= 0.3 is 5.97 Å². The van der Waals surface area contributed by atoms with E-state index in [0.29, 0.717) is 18.6 Å². The molecule has 0 aliphatic carbocycles. The van der Waals surface area contributed by atoms with E-state index in [4.69, 9.17) is 19.3 Å². The highest BCUT2D eigenvalue weighted by Gasteiger charge is 2.26. The minimum atomic E-state index is -0.976. The summed E-state index contributed by atoms with van der Waals surface area (Å²) in [5.41, 5.74) is 0. The van der Waals surface area contributed by atoms with Crippen LogP contribution in [0.15, 0.2) is 12.7 Å². The zero-order chi connectivity index (χ0) is 14.1. The summed E-state index contributed by atoms with van der Waals surface area (Å²) in [7, 11) is 0. The molecule has 0 radical (unpaired) electrons. The van der Waals surface area contributed by atoms with Gasteiger partial charge in [-0.05, 0) is 0 Å². The van der Waals surface area contributed by atoms with Crippen molar-refractivity contribution in [2.24, 2.45) is 0 Å². The Hall–Kier alpha value is -0.950. The predicted octanol–water partition coefficient (Wildman–Crippen LogP) is 0.635. The van der Waals surface area contributed by atoms with Gasteiger partial charge in [0.15, 0.2) is 0 Å². The van der Waals surface area contributed by atoms with E-state index in [-0.39, 0.29) is 0 Å². The molecule has 6 nitrogen and oxygen atoms in total. The van der Waals surface area contributed by atoms with Gasteiger partial charge in [-0.1, -0.05) is 19.9 Å². The smallest absolute Gasteiger partial charge is 0.332 e. The summed E-state index contributed by atoms with van der Waals surface area (Å²) in [6.45, 7) is 8.34. The molecule has 2 aliphatic heterocycles. The Morgan fingerprint density at radius 3 is 2.32 bits per heavy atom. The lowest BCUT2D eigenvalue weighted by atomic mass is 10.3. The zero-order valence-electron chi connectivity index (χ0n) is 11.2. The first-order valence-electron chi connectivity index (χ1n) is 6.47. The number of epoxide rings is 2. The number of carbonyl (C=O) groups excluding carboxylic acids is 1. The van der Waals surface area contributed by atoms with Gasteiger partial charge in [-0.3, -0.25) is 0 Å². The number of carbonyl (C=O) groups is 1. The average molecular weight is 274 g/mol. The maximum atomic E-state index is 10.4. The predicted molar refractivity (Wildman–Crippen MR) is 67.5 cm³/mol. The van der Waals surface area contributed by atoms with Crippen molar-refractivity contribution in [3.8, 4) is 0 Å². The fraction of sp³-hybridized carbons (Fsp3) is 0.769. The fourth-order valence-corrected chi connectivity index (χ4v) is 1.15. The van der Waals surface area contributed by atoms with E-state index in [1.807, 2.05) is 6.92 Å². The number of ether oxygens (including phenoxy) is 4. The second-order valence-corrected chi connectivity index (χ2v) is 4.33. The Morgan fingerprint density at radius 1 is 1.42 bits per heavy atom. The fourth-order valence-electron chi connectivity index (χ4n) is 1.15. The molecular formula is C13H22O6. The Labute approximate surface area is 113 Å². The Morgan fingerprint density at radius 2 is 1.95 bits per heavy atom. The monoisotopic (exact) mass is 274 g/mol. The lowest BCUT2D eigenvalue weighted by Crippen LogP contribution is -2.15. The molecule has 0 aromatic rings. The first-order valence-corrected chi connectivity index (χ1v) is 6.47. The third-order valence-electron chi connectivity index (χ3n) is 2.37. The van der Waals surface area contributed by atoms with Gasteiger partial charge in [0.1, 0.15) is 12.2 Å². The molecule has 1 N–H and O–H groups in total. The van der Waals surface area contributed by atoms with Crippen LogP contribution in [0.4, 0.5) is 0 Å². The van der Waals surface area contributed by atoms with Gasteiger partial charge in [-0.25, -0.2) is 4.79 Å². The van der Waals surface area contributed by atoms with Crippen molar-refractivity contribution in [2.75, 3.05) is 26.4 Å². The lowest BCUT2D eigenvalue weighted by Gasteiger charge is -2.07. The second kappa shape index (κ2) is 9.03. The highest BCUT2D eigenvalue weighted by Crippen LogP contribution is 2.12. The van der Waals surface area contributed by atoms with Crippen LogP contribution in [0.3, 0.4) is 0 Å². The number of esters is 1. The van der Waals surface area contributed by atoms with Crippen molar-refractivity contribution in [1.29, 1.82) is 0 Å². The highest BCUT2D eigenvalue weighted by molar-refractivity contribution is 5.81. The number of aliphatic hydroxyl groups is 1. The van der Waals surface area contributed by atoms with Crippen molar-refractivity contribution >= 4 is 5.97 Å². The summed E-state index contributed by atoms with van der Waals surface area (Å²) in [6.07, 6.45) is 2.09. The molecule has 0 saturated carbocycles. The molecule has 0 amide bonds. The normalized spacial score (nSPS) is 24.7. The lowest BCUT2D eigenvalue weighted by molar-refractivity contribution is -0.162. The molecule has 19 heavy (non-hydrogen) atoms. The van der Waals surface area contributed by atoms with Gasteiger partial charge in [0, 0.05) is 12.5 Å². The topological polar surface area (TPSA) is 80.8 Å². The highest BCUT2D eigenvalue weighted by atomic mass is 16.6. The van der Waals surface area contributed by atoms with Gasteiger partial charge in [0.2, 0.25) is 6.29 Å². The van der Waals surface area contributed by atoms with Crippen LogP contribution in [0.1, 0.15) is 19.8 Å². The summed E-state index contributed by atoms with van der Waals surface area (Å²) in [4.78, 5) is 10.4. The third-order valence-corrected chi connectivity index (χ3v) is 2.37. The summed E-state index contributed by atoms with van der Waals surface area (Å²) in [5, 5.41) is 8.86. The van der Waals surface area contributed by atoms with Crippen LogP contribution < -0.4 is 0 Å². The average Bonchev–Trinajstić information content (AvgIpc) is 3.24. The van der Waals surface area contributed by atoms with Crippen LogP contribution in [0.25, 0.3) is 0 Å². The van der Waals surface area contributed by atoms with E-state index in [1.165, 1.54) is 0 Å². The first kappa shape index (κ1) is 16.1. The van der Waals surface area contributed by atoms with Crippen LogP contribution in [-0.4, -0.2) is 56.0 Å². The number of aliphatic hydroxyl groups excluding tert-OH is 1. The first-order chi connectivity index (χ1) is 9.15. The Bertz CT molecular complexity index is 260. The number of hydrogen-bond acceptors (Lipinski definition) is 6. The van der Waals surface area contributed by atoms with Crippen LogP contribution in [-0.2, 0) is 23.7 Å². The molecule has 6 heteroatoms. The van der Waals surface area contributed by atoms with Crippen molar-refractivity contribution < 1.29 is 28.8 Å². The van der Waals surface area contributed by atoms with E-state index in [2.05, 4.69) is 11.3 Å². The maximum Gasteiger partial charge on any atom is 0.332 e. The summed E-state index contributed by atoms with van der Waals surface area (Å²) in [5.74, 6) is -0.582. The van der Waals surface area contributed by atoms with E-state index in [0.717, 1.165) is 38.9 Å².